The summed E-state index contributed by atoms with van der Waals surface area (Å²) < 4.78 is 5.35. The van der Waals surface area contributed by atoms with Gasteiger partial charge in [-0.25, -0.2) is 0 Å². The van der Waals surface area contributed by atoms with E-state index in [1.54, 1.807) is 0 Å². The quantitative estimate of drug-likeness (QED) is 0.782. The average Bonchev–Trinajstić information content (AvgIpc) is 2.45. The van der Waals surface area contributed by atoms with Crippen molar-refractivity contribution in [2.45, 2.75) is 32.7 Å². The monoisotopic (exact) mass is 285 g/mol. The van der Waals surface area contributed by atoms with Crippen LogP contribution >= 0.6 is 11.8 Å². The van der Waals surface area contributed by atoms with E-state index < -0.39 is 0 Å². The normalized spacial score (nSPS) is 27.7. The lowest BCUT2D eigenvalue weighted by Crippen LogP contribution is -2.41. The number of amidine groups is 1. The molecule has 0 amide bonds. The molecule has 5 heteroatoms. The van der Waals surface area contributed by atoms with Crippen LogP contribution in [0.25, 0.3) is 0 Å². The zero-order chi connectivity index (χ0) is 13.5. The number of hydrogen-bond acceptors (Lipinski definition) is 4. The first kappa shape index (κ1) is 15.1. The van der Waals surface area contributed by atoms with Crippen LogP contribution in [0, 0.1) is 5.92 Å². The maximum absolute atomic E-state index is 5.35. The van der Waals surface area contributed by atoms with E-state index >= 15 is 0 Å². The van der Waals surface area contributed by atoms with Crippen molar-refractivity contribution in [3.05, 3.63) is 0 Å². The molecule has 2 saturated heterocycles. The highest BCUT2D eigenvalue weighted by Crippen LogP contribution is 2.18. The molecule has 2 aliphatic rings. The molecule has 19 heavy (non-hydrogen) atoms. The number of nitrogens with zero attached hydrogens (tertiary/aromatic N) is 2. The van der Waals surface area contributed by atoms with Crippen molar-refractivity contribution < 1.29 is 4.74 Å². The van der Waals surface area contributed by atoms with Crippen LogP contribution in [0.3, 0.4) is 0 Å². The first-order valence-electron chi connectivity index (χ1n) is 7.49. The second-order valence-corrected chi connectivity index (χ2v) is 6.71. The van der Waals surface area contributed by atoms with Crippen molar-refractivity contribution in [3.8, 4) is 0 Å². The van der Waals surface area contributed by atoms with Gasteiger partial charge in [0.15, 0.2) is 5.17 Å². The minimum atomic E-state index is 0.610. The fourth-order valence-corrected chi connectivity index (χ4v) is 3.43. The summed E-state index contributed by atoms with van der Waals surface area (Å²) in [4.78, 5) is 7.19. The molecule has 0 bridgehead atoms. The molecule has 0 spiro atoms. The van der Waals surface area contributed by atoms with E-state index in [1.165, 1.54) is 12.2 Å². The molecule has 1 atom stereocenters. The van der Waals surface area contributed by atoms with E-state index in [9.17, 15) is 0 Å². The SMILES string of the molecule is CC(C)C1CCSC(=NCCCN2CCOCC2)N1. The topological polar surface area (TPSA) is 36.9 Å². The predicted molar refractivity (Wildman–Crippen MR) is 83.0 cm³/mol. The van der Waals surface area contributed by atoms with Crippen LogP contribution in [0.1, 0.15) is 26.7 Å². The summed E-state index contributed by atoms with van der Waals surface area (Å²) in [5, 5.41) is 4.73. The van der Waals surface area contributed by atoms with Gasteiger partial charge in [-0.15, -0.1) is 0 Å². The fraction of sp³-hybridized carbons (Fsp3) is 0.929. The largest absolute Gasteiger partial charge is 0.379 e. The van der Waals surface area contributed by atoms with Crippen molar-refractivity contribution in [2.24, 2.45) is 10.9 Å². The summed E-state index contributed by atoms with van der Waals surface area (Å²) in [5.74, 6) is 1.90. The Hall–Kier alpha value is -0.260. The smallest absolute Gasteiger partial charge is 0.156 e. The third-order valence-electron chi connectivity index (χ3n) is 3.77. The Bertz CT molecular complexity index is 290. The Kier molecular flexibility index (Phi) is 6.47. The summed E-state index contributed by atoms with van der Waals surface area (Å²) in [6, 6.07) is 0.610. The molecule has 1 N–H and O–H groups in total. The third-order valence-corrected chi connectivity index (χ3v) is 4.73. The molecule has 2 fully saturated rings. The van der Waals surface area contributed by atoms with Crippen molar-refractivity contribution >= 4 is 16.9 Å². The standard InChI is InChI=1S/C14H27N3OS/c1-12(2)13-4-11-19-14(16-13)15-5-3-6-17-7-9-18-10-8-17/h12-13H,3-11H2,1-2H3,(H,15,16). The molecule has 110 valence electrons. The Labute approximate surface area is 121 Å². The third kappa shape index (κ3) is 5.32. The first-order chi connectivity index (χ1) is 9.25. The molecule has 0 aromatic heterocycles. The molecule has 2 aliphatic heterocycles. The van der Waals surface area contributed by atoms with Gasteiger partial charge < -0.3 is 10.1 Å². The zero-order valence-electron chi connectivity index (χ0n) is 12.2. The molecule has 0 saturated carbocycles. The molecule has 1 unspecified atom stereocenters. The summed E-state index contributed by atoms with van der Waals surface area (Å²) >= 11 is 1.88. The number of ether oxygens (including phenoxy) is 1. The summed E-state index contributed by atoms with van der Waals surface area (Å²) in [6.45, 7) is 10.6. The molecule has 2 heterocycles. The number of aliphatic imine (C=N–C) groups is 1. The van der Waals surface area contributed by atoms with Gasteiger partial charge in [0.2, 0.25) is 0 Å². The van der Waals surface area contributed by atoms with Crippen LogP contribution in [0.4, 0.5) is 0 Å². The van der Waals surface area contributed by atoms with Gasteiger partial charge in [0.1, 0.15) is 0 Å². The van der Waals surface area contributed by atoms with Crippen molar-refractivity contribution in [1.82, 2.24) is 10.2 Å². The maximum atomic E-state index is 5.35. The maximum Gasteiger partial charge on any atom is 0.156 e. The minimum absolute atomic E-state index is 0.610. The Morgan fingerprint density at radius 2 is 2.21 bits per heavy atom. The van der Waals surface area contributed by atoms with Gasteiger partial charge in [-0.3, -0.25) is 9.89 Å². The van der Waals surface area contributed by atoms with Crippen LogP contribution in [0.5, 0.6) is 0 Å². The fourth-order valence-electron chi connectivity index (χ4n) is 2.45. The van der Waals surface area contributed by atoms with Crippen LogP contribution in [0.2, 0.25) is 0 Å². The van der Waals surface area contributed by atoms with E-state index in [-0.39, 0.29) is 0 Å². The van der Waals surface area contributed by atoms with Gasteiger partial charge >= 0.3 is 0 Å². The van der Waals surface area contributed by atoms with Crippen molar-refractivity contribution in [3.63, 3.8) is 0 Å². The molecular formula is C14H27N3OS. The summed E-state index contributed by atoms with van der Waals surface area (Å²) in [6.07, 6.45) is 2.41. The van der Waals surface area contributed by atoms with Gasteiger partial charge in [0.05, 0.1) is 13.2 Å². The molecular weight excluding hydrogens is 258 g/mol. The van der Waals surface area contributed by atoms with Gasteiger partial charge in [0, 0.05) is 38.0 Å². The lowest BCUT2D eigenvalue weighted by atomic mass is 10.0. The average molecular weight is 285 g/mol. The molecule has 2 rings (SSSR count). The first-order valence-corrected chi connectivity index (χ1v) is 8.48. The van der Waals surface area contributed by atoms with Crippen LogP contribution in [0.15, 0.2) is 4.99 Å². The number of nitrogens with one attached hydrogen (secondary N) is 1. The number of morpholine rings is 1. The predicted octanol–water partition coefficient (Wildman–Crippen LogP) is 1.82. The molecule has 4 nitrogen and oxygen atoms in total. The highest BCUT2D eigenvalue weighted by atomic mass is 32.2. The molecule has 0 aliphatic carbocycles. The van der Waals surface area contributed by atoms with E-state index in [0.717, 1.165) is 51.0 Å². The molecule has 0 aromatic carbocycles. The van der Waals surface area contributed by atoms with Gasteiger partial charge in [0.25, 0.3) is 0 Å². The van der Waals surface area contributed by atoms with Gasteiger partial charge in [-0.2, -0.15) is 0 Å². The van der Waals surface area contributed by atoms with Crippen LogP contribution < -0.4 is 5.32 Å². The summed E-state index contributed by atoms with van der Waals surface area (Å²) in [5.41, 5.74) is 0. The highest BCUT2D eigenvalue weighted by molar-refractivity contribution is 8.13. The second-order valence-electron chi connectivity index (χ2n) is 5.63. The highest BCUT2D eigenvalue weighted by Gasteiger charge is 2.19. The van der Waals surface area contributed by atoms with Crippen molar-refractivity contribution in [1.29, 1.82) is 0 Å². The second kappa shape index (κ2) is 8.12. The Morgan fingerprint density at radius 3 is 2.95 bits per heavy atom. The van der Waals surface area contributed by atoms with E-state index in [2.05, 4.69) is 24.1 Å². The van der Waals surface area contributed by atoms with Gasteiger partial charge in [-0.1, -0.05) is 25.6 Å². The van der Waals surface area contributed by atoms with Crippen LogP contribution in [-0.2, 0) is 4.74 Å². The number of rotatable bonds is 5. The van der Waals surface area contributed by atoms with E-state index in [4.69, 9.17) is 9.73 Å². The van der Waals surface area contributed by atoms with Gasteiger partial charge in [-0.05, 0) is 18.8 Å². The van der Waals surface area contributed by atoms with E-state index in [0.29, 0.717) is 12.0 Å². The van der Waals surface area contributed by atoms with Crippen LogP contribution in [-0.4, -0.2) is 61.3 Å². The summed E-state index contributed by atoms with van der Waals surface area (Å²) in [7, 11) is 0. The lowest BCUT2D eigenvalue weighted by molar-refractivity contribution is 0.0377. The van der Waals surface area contributed by atoms with Crippen molar-refractivity contribution in [2.75, 3.05) is 45.1 Å². The Morgan fingerprint density at radius 1 is 1.42 bits per heavy atom. The molecule has 0 aromatic rings. The molecule has 0 radical (unpaired) electrons. The minimum Gasteiger partial charge on any atom is -0.379 e. The lowest BCUT2D eigenvalue weighted by Gasteiger charge is -2.28. The van der Waals surface area contributed by atoms with E-state index in [1.807, 2.05) is 11.8 Å². The number of thioether (sulfide) groups is 1. The Balaban J connectivity index is 1.64. The number of hydrogen-bond donors (Lipinski definition) is 1. The zero-order valence-corrected chi connectivity index (χ0v) is 13.0.